The summed E-state index contributed by atoms with van der Waals surface area (Å²) >= 11 is 1.24. The summed E-state index contributed by atoms with van der Waals surface area (Å²) in [4.78, 5) is 53.2. The number of urea groups is 1. The fourth-order valence-electron chi connectivity index (χ4n) is 4.87. The Morgan fingerprint density at radius 3 is 2.47 bits per heavy atom. The Bertz CT molecular complexity index is 1400. The highest BCUT2D eigenvalue weighted by molar-refractivity contribution is 7.92. The molecule has 4 rings (SSSR count). The van der Waals surface area contributed by atoms with Crippen LogP contribution < -0.4 is 10.8 Å². The molecule has 11 nitrogen and oxygen atoms in total. The number of nitrogens with zero attached hydrogens (tertiary/aromatic N) is 2. The highest BCUT2D eigenvalue weighted by Gasteiger charge is 2.50. The predicted molar refractivity (Wildman–Crippen MR) is 141 cm³/mol. The van der Waals surface area contributed by atoms with Gasteiger partial charge in [0, 0.05) is 22.5 Å². The van der Waals surface area contributed by atoms with Gasteiger partial charge in [0.05, 0.1) is 12.2 Å². The van der Waals surface area contributed by atoms with Crippen molar-refractivity contribution in [2.45, 2.75) is 49.8 Å². The monoisotopic (exact) mass is 562 g/mol. The fraction of sp³-hybridized carbons (Fsp3) is 0.440. The predicted octanol–water partition coefficient (Wildman–Crippen LogP) is 2.72. The van der Waals surface area contributed by atoms with E-state index >= 15 is 0 Å². The number of benzene rings is 1. The lowest BCUT2D eigenvalue weighted by Crippen LogP contribution is -2.43. The van der Waals surface area contributed by atoms with Crippen molar-refractivity contribution in [3.63, 3.8) is 0 Å². The Morgan fingerprint density at radius 2 is 1.84 bits per heavy atom. The quantitative estimate of drug-likeness (QED) is 0.266. The fourth-order valence-corrected chi connectivity index (χ4v) is 8.64. The smallest absolute Gasteiger partial charge is 0.325 e. The van der Waals surface area contributed by atoms with E-state index in [1.807, 2.05) is 0 Å². The lowest BCUT2D eigenvalue weighted by molar-refractivity contribution is -0.134. The van der Waals surface area contributed by atoms with Crippen molar-refractivity contribution >= 4 is 50.6 Å². The van der Waals surface area contributed by atoms with Gasteiger partial charge in [-0.15, -0.1) is 11.3 Å². The molecule has 204 valence electrons. The Morgan fingerprint density at radius 1 is 1.11 bits per heavy atom. The maximum Gasteiger partial charge on any atom is 0.327 e. The molecule has 0 aliphatic carbocycles. The number of carbonyl (C=O) groups excluding carboxylic acids is 4. The van der Waals surface area contributed by atoms with Gasteiger partial charge in [0.1, 0.15) is 16.8 Å². The minimum atomic E-state index is -3.65. The standard InChI is InChI=1S/C25H30N4O7S2/c1-24(2)22(32)29(23(33)28(24)3)15-21(31)26-17-8-6-7-16(13-17)18-9-10-19(37-18)25(14-20(30)27-34)11-4-5-12-38(25,35)36/h6-10,13,34H,4-5,11-12,14-15H2,1-3H3,(H,26,31)(H,27,30)/t25-/m0/s1. The van der Waals surface area contributed by atoms with Crippen molar-refractivity contribution in [3.8, 4) is 10.4 Å². The molecular formula is C25H30N4O7S2. The number of likely N-dealkylation sites (N-methyl/N-ethyl adjacent to an activating group) is 1. The van der Waals surface area contributed by atoms with E-state index in [2.05, 4.69) is 5.32 Å². The van der Waals surface area contributed by atoms with Gasteiger partial charge >= 0.3 is 6.03 Å². The first-order valence-corrected chi connectivity index (χ1v) is 14.5. The number of sulfone groups is 1. The largest absolute Gasteiger partial charge is 0.327 e. The van der Waals surface area contributed by atoms with Crippen LogP contribution in [-0.4, -0.2) is 72.1 Å². The second-order valence-corrected chi connectivity index (χ2v) is 13.6. The zero-order valence-electron chi connectivity index (χ0n) is 21.3. The number of rotatable bonds is 7. The van der Waals surface area contributed by atoms with Gasteiger partial charge in [-0.25, -0.2) is 18.7 Å². The first-order valence-electron chi connectivity index (χ1n) is 12.1. The van der Waals surface area contributed by atoms with Crippen molar-refractivity contribution in [1.82, 2.24) is 15.3 Å². The molecule has 2 aliphatic rings. The maximum atomic E-state index is 13.2. The van der Waals surface area contributed by atoms with Gasteiger partial charge in [-0.05, 0) is 56.5 Å². The van der Waals surface area contributed by atoms with E-state index in [-0.39, 0.29) is 18.6 Å². The zero-order valence-corrected chi connectivity index (χ0v) is 22.9. The molecule has 1 aromatic heterocycles. The van der Waals surface area contributed by atoms with E-state index in [0.29, 0.717) is 29.0 Å². The van der Waals surface area contributed by atoms with Crippen molar-refractivity contribution < 1.29 is 32.8 Å². The first-order chi connectivity index (χ1) is 17.8. The first kappa shape index (κ1) is 27.7. The van der Waals surface area contributed by atoms with Crippen LogP contribution in [0.1, 0.15) is 44.4 Å². The molecule has 0 bridgehead atoms. The molecule has 38 heavy (non-hydrogen) atoms. The summed E-state index contributed by atoms with van der Waals surface area (Å²) in [6.07, 6.45) is 1.06. The highest BCUT2D eigenvalue weighted by Crippen LogP contribution is 2.47. The number of nitrogens with one attached hydrogen (secondary N) is 2. The van der Waals surface area contributed by atoms with Gasteiger partial charge in [-0.2, -0.15) is 0 Å². The lowest BCUT2D eigenvalue weighted by atomic mass is 9.94. The van der Waals surface area contributed by atoms with Crippen LogP contribution >= 0.6 is 11.3 Å². The SMILES string of the molecule is CN1C(=O)N(CC(=O)Nc2cccc(-c3ccc([C@@]4(CC(=O)NO)CCCCS4(=O)=O)s3)c2)C(=O)C1(C)C. The van der Waals surface area contributed by atoms with Gasteiger partial charge in [0.15, 0.2) is 9.84 Å². The van der Waals surface area contributed by atoms with Crippen LogP contribution in [0.3, 0.4) is 0 Å². The van der Waals surface area contributed by atoms with Gasteiger partial charge in [-0.1, -0.05) is 18.6 Å². The molecule has 5 amide bonds. The lowest BCUT2D eigenvalue weighted by Gasteiger charge is -2.35. The van der Waals surface area contributed by atoms with Gasteiger partial charge in [0.25, 0.3) is 5.91 Å². The van der Waals surface area contributed by atoms with Crippen molar-refractivity contribution in [1.29, 1.82) is 0 Å². The third kappa shape index (κ3) is 4.81. The normalized spacial score (nSPS) is 22.4. The molecule has 3 heterocycles. The molecule has 2 aromatic rings. The summed E-state index contributed by atoms with van der Waals surface area (Å²) in [7, 11) is -2.14. The average molecular weight is 563 g/mol. The van der Waals surface area contributed by atoms with Crippen molar-refractivity contribution in [2.75, 3.05) is 24.7 Å². The Hall–Kier alpha value is -3.29. The zero-order chi connectivity index (χ0) is 27.9. The van der Waals surface area contributed by atoms with Crippen molar-refractivity contribution in [3.05, 3.63) is 41.3 Å². The van der Waals surface area contributed by atoms with Crippen LogP contribution in [0.2, 0.25) is 0 Å². The van der Waals surface area contributed by atoms with Crippen LogP contribution in [0.5, 0.6) is 0 Å². The second-order valence-electron chi connectivity index (χ2n) is 10.1. The number of amides is 5. The molecule has 3 N–H and O–H groups in total. The molecule has 0 unspecified atom stereocenters. The van der Waals surface area contributed by atoms with E-state index in [1.165, 1.54) is 23.3 Å². The Balaban J connectivity index is 1.55. The number of hydrogen-bond donors (Lipinski definition) is 3. The third-order valence-electron chi connectivity index (χ3n) is 7.32. The Labute approximate surface area is 224 Å². The van der Waals surface area contributed by atoms with Crippen molar-refractivity contribution in [2.24, 2.45) is 0 Å². The van der Waals surface area contributed by atoms with E-state index in [1.54, 1.807) is 55.7 Å². The van der Waals surface area contributed by atoms with Crippen LogP contribution in [-0.2, 0) is 29.0 Å². The number of hydrogen-bond acceptors (Lipinski definition) is 8. The summed E-state index contributed by atoms with van der Waals surface area (Å²) in [6.45, 7) is 2.80. The number of carbonyl (C=O) groups is 4. The summed E-state index contributed by atoms with van der Waals surface area (Å²) in [5.74, 6) is -1.79. The Kier molecular flexibility index (Phi) is 7.38. The minimum Gasteiger partial charge on any atom is -0.325 e. The number of imide groups is 1. The van der Waals surface area contributed by atoms with Crippen LogP contribution in [0.25, 0.3) is 10.4 Å². The number of thiophene rings is 1. The van der Waals surface area contributed by atoms with Crippen LogP contribution in [0.15, 0.2) is 36.4 Å². The summed E-state index contributed by atoms with van der Waals surface area (Å²) in [5.41, 5.74) is 1.68. The molecule has 2 aliphatic heterocycles. The summed E-state index contributed by atoms with van der Waals surface area (Å²) < 4.78 is 24.9. The van der Waals surface area contributed by atoms with Crippen LogP contribution in [0.4, 0.5) is 10.5 Å². The average Bonchev–Trinajstić information content (AvgIpc) is 3.42. The molecular weight excluding hydrogens is 532 g/mol. The third-order valence-corrected chi connectivity index (χ3v) is 11.4. The van der Waals surface area contributed by atoms with Gasteiger partial charge in [0.2, 0.25) is 11.8 Å². The summed E-state index contributed by atoms with van der Waals surface area (Å²) in [5, 5.41) is 11.8. The van der Waals surface area contributed by atoms with E-state index in [4.69, 9.17) is 5.21 Å². The molecule has 0 saturated carbocycles. The highest BCUT2D eigenvalue weighted by atomic mass is 32.2. The molecule has 1 aromatic carbocycles. The molecule has 2 fully saturated rings. The molecule has 13 heteroatoms. The maximum absolute atomic E-state index is 13.2. The van der Waals surface area contributed by atoms with Gasteiger partial charge in [-0.3, -0.25) is 24.5 Å². The molecule has 0 radical (unpaired) electrons. The summed E-state index contributed by atoms with van der Waals surface area (Å²) in [6, 6.07) is 9.82. The van der Waals surface area contributed by atoms with Gasteiger partial charge < -0.3 is 10.2 Å². The molecule has 2 saturated heterocycles. The minimum absolute atomic E-state index is 0.0323. The number of anilines is 1. The molecule has 0 spiro atoms. The second kappa shape index (κ2) is 10.1. The molecule has 1 atom stereocenters. The number of hydroxylamine groups is 1. The topological polar surface area (TPSA) is 153 Å². The van der Waals surface area contributed by atoms with E-state index < -0.39 is 50.4 Å². The van der Waals surface area contributed by atoms with E-state index in [0.717, 1.165) is 9.78 Å². The van der Waals surface area contributed by atoms with Crippen LogP contribution in [0, 0.1) is 0 Å². The van der Waals surface area contributed by atoms with E-state index in [9.17, 15) is 27.6 Å².